The van der Waals surface area contributed by atoms with Crippen LogP contribution in [-0.2, 0) is 10.8 Å². The van der Waals surface area contributed by atoms with Crippen LogP contribution in [0.15, 0.2) is 237 Å². The van der Waals surface area contributed by atoms with E-state index < -0.39 is 0 Å². The summed E-state index contributed by atoms with van der Waals surface area (Å²) in [4.78, 5) is 4.86. The molecule has 0 saturated carbocycles. The van der Waals surface area contributed by atoms with Crippen molar-refractivity contribution < 1.29 is 0 Å². The molecule has 0 amide bonds. The molecule has 2 aliphatic rings. The normalized spacial score (nSPS) is 14.7. The van der Waals surface area contributed by atoms with E-state index in [1.54, 1.807) is 0 Å². The third kappa shape index (κ3) is 5.82. The number of para-hydroxylation sites is 4. The van der Waals surface area contributed by atoms with Crippen molar-refractivity contribution in [3.63, 3.8) is 0 Å². The summed E-state index contributed by atoms with van der Waals surface area (Å²) < 4.78 is 5.07. The van der Waals surface area contributed by atoms with Gasteiger partial charge in [-0.2, -0.15) is 0 Å². The zero-order valence-corrected chi connectivity index (χ0v) is 43.9. The average molecular weight is 987 g/mol. The molecule has 0 atom stereocenters. The fraction of sp³-hybridized carbons (Fsp3) is 0.0959. The third-order valence-corrected chi connectivity index (χ3v) is 17.8. The van der Waals surface area contributed by atoms with Crippen LogP contribution in [0.5, 0.6) is 0 Å². The van der Waals surface area contributed by atoms with E-state index in [0.29, 0.717) is 0 Å². The summed E-state index contributed by atoms with van der Waals surface area (Å²) in [6.45, 7) is 15.7. The molecule has 0 fully saturated rings. The van der Waals surface area contributed by atoms with Gasteiger partial charge in [-0.1, -0.05) is 162 Å². The van der Waals surface area contributed by atoms with Crippen LogP contribution in [0.25, 0.3) is 92.9 Å². The molecule has 4 aromatic heterocycles. The molecule has 0 aliphatic heterocycles. The number of fused-ring (bicyclic) bond motifs is 16. The summed E-state index contributed by atoms with van der Waals surface area (Å²) in [5.74, 6) is 0. The quantitative estimate of drug-likeness (QED) is 0.151. The molecule has 4 nitrogen and oxygen atoms in total. The van der Waals surface area contributed by atoms with Crippen LogP contribution in [-0.4, -0.2) is 8.80 Å². The number of rotatable bonds is 8. The van der Waals surface area contributed by atoms with Crippen molar-refractivity contribution in [2.45, 2.75) is 45.4 Å². The highest BCUT2D eigenvalue weighted by Crippen LogP contribution is 2.53. The van der Waals surface area contributed by atoms with Crippen LogP contribution >= 0.6 is 0 Å². The van der Waals surface area contributed by atoms with Gasteiger partial charge in [0.25, 0.3) is 0 Å². The molecule has 0 unspecified atom stereocenters. The van der Waals surface area contributed by atoms with Crippen molar-refractivity contribution in [1.29, 1.82) is 0 Å². The molecule has 0 spiro atoms. The Hall–Kier alpha value is -9.38. The summed E-state index contributed by atoms with van der Waals surface area (Å²) in [5.41, 5.74) is 24.5. The fourth-order valence-electron chi connectivity index (χ4n) is 14.3. The first kappa shape index (κ1) is 44.0. The van der Waals surface area contributed by atoms with Gasteiger partial charge >= 0.3 is 0 Å². The largest absolute Gasteiger partial charge is 0.310 e. The van der Waals surface area contributed by atoms with Crippen LogP contribution in [0.3, 0.4) is 0 Å². The molecule has 0 bridgehead atoms. The van der Waals surface area contributed by atoms with E-state index >= 15 is 0 Å². The van der Waals surface area contributed by atoms with Gasteiger partial charge in [-0.25, -0.2) is 0 Å². The van der Waals surface area contributed by atoms with Gasteiger partial charge < -0.3 is 18.6 Å². The Kier molecular flexibility index (Phi) is 8.91. The van der Waals surface area contributed by atoms with Crippen molar-refractivity contribution in [3.05, 3.63) is 259 Å². The molecule has 366 valence electrons. The molecule has 2 aliphatic carbocycles. The molecule has 0 radical (unpaired) electrons. The lowest BCUT2D eigenvalue weighted by Gasteiger charge is -2.28. The Morgan fingerprint density at radius 3 is 1.30 bits per heavy atom. The first-order valence-corrected chi connectivity index (χ1v) is 27.1. The van der Waals surface area contributed by atoms with E-state index in [-0.39, 0.29) is 10.8 Å². The highest BCUT2D eigenvalue weighted by atomic mass is 15.1. The maximum Gasteiger partial charge on any atom is 0.0620 e. The Morgan fingerprint density at radius 1 is 0.364 bits per heavy atom. The number of aromatic nitrogens is 2. The second kappa shape index (κ2) is 15.6. The first-order chi connectivity index (χ1) is 37.6. The van der Waals surface area contributed by atoms with Gasteiger partial charge in [0.15, 0.2) is 0 Å². The summed E-state index contributed by atoms with van der Waals surface area (Å²) in [6.07, 6.45) is 6.42. The van der Waals surface area contributed by atoms with Crippen molar-refractivity contribution in [3.8, 4) is 11.1 Å². The Balaban J connectivity index is 0.852. The molecule has 0 saturated heterocycles. The Labute approximate surface area is 447 Å². The minimum atomic E-state index is -0.174. The van der Waals surface area contributed by atoms with Crippen LogP contribution in [0.1, 0.15) is 56.9 Å². The number of allylic oxidation sites excluding steroid dienone is 5. The minimum absolute atomic E-state index is 0.106. The van der Waals surface area contributed by atoms with Crippen LogP contribution < -0.4 is 9.80 Å². The minimum Gasteiger partial charge on any atom is -0.310 e. The zero-order chi connectivity index (χ0) is 51.6. The molecule has 16 rings (SSSR count). The first-order valence-electron chi connectivity index (χ1n) is 27.1. The number of hydrogen-bond acceptors (Lipinski definition) is 2. The van der Waals surface area contributed by atoms with Crippen molar-refractivity contribution in [2.75, 3.05) is 9.80 Å². The van der Waals surface area contributed by atoms with E-state index in [9.17, 15) is 0 Å². The van der Waals surface area contributed by atoms with Gasteiger partial charge in [0.1, 0.15) is 0 Å². The highest BCUT2D eigenvalue weighted by Gasteiger charge is 2.38. The highest BCUT2D eigenvalue weighted by molar-refractivity contribution is 6.29. The van der Waals surface area contributed by atoms with Crippen molar-refractivity contribution in [1.82, 2.24) is 8.80 Å². The predicted molar refractivity (Wildman–Crippen MR) is 328 cm³/mol. The van der Waals surface area contributed by atoms with Crippen LogP contribution in [0, 0.1) is 0 Å². The SMILES string of the molecule is C=CC1=C(/C=C\C)C(C)(C)c2cc(N(c3ccccc3)c3ccc4c(c3)c3cccc5c6cc7c(cc6n4c35)c3cccc4c5cc(N(c6ccccc6)c6ccc8c(c6)C(C)(C)c6ccccc6-8)ccc5n7c43)ccc21. The summed E-state index contributed by atoms with van der Waals surface area (Å²) >= 11 is 0. The lowest BCUT2D eigenvalue weighted by Crippen LogP contribution is -2.17. The molecule has 14 aromatic rings. The maximum atomic E-state index is 4.25. The van der Waals surface area contributed by atoms with E-state index in [1.165, 1.54) is 121 Å². The Bertz CT molecular complexity index is 4890. The summed E-state index contributed by atoms with van der Waals surface area (Å²) in [7, 11) is 0. The van der Waals surface area contributed by atoms with Crippen molar-refractivity contribution >= 4 is 116 Å². The van der Waals surface area contributed by atoms with Crippen LogP contribution in [0.4, 0.5) is 34.1 Å². The van der Waals surface area contributed by atoms with E-state index in [1.807, 2.05) is 6.08 Å². The smallest absolute Gasteiger partial charge is 0.0620 e. The van der Waals surface area contributed by atoms with Gasteiger partial charge in [0.05, 0.1) is 33.1 Å². The average Bonchev–Trinajstić information content (AvgIpc) is 4.28. The third-order valence-electron chi connectivity index (χ3n) is 17.8. The second-order valence-corrected chi connectivity index (χ2v) is 22.5. The summed E-state index contributed by atoms with van der Waals surface area (Å²) in [6, 6.07) is 77.5. The Morgan fingerprint density at radius 2 is 0.792 bits per heavy atom. The maximum absolute atomic E-state index is 4.25. The van der Waals surface area contributed by atoms with E-state index in [4.69, 9.17) is 0 Å². The fourth-order valence-corrected chi connectivity index (χ4v) is 14.3. The molecule has 4 heteroatoms. The van der Waals surface area contributed by atoms with Crippen molar-refractivity contribution in [2.24, 2.45) is 0 Å². The van der Waals surface area contributed by atoms with Gasteiger partial charge in [0, 0.05) is 88.0 Å². The molecule has 4 heterocycles. The summed E-state index contributed by atoms with van der Waals surface area (Å²) in [5, 5.41) is 10.1. The molecular formula is C73H54N4. The molecular weight excluding hydrogens is 933 g/mol. The van der Waals surface area contributed by atoms with E-state index in [0.717, 1.165) is 34.1 Å². The number of nitrogens with zero attached hydrogens (tertiary/aromatic N) is 4. The monoisotopic (exact) mass is 986 g/mol. The van der Waals surface area contributed by atoms with E-state index in [2.05, 4.69) is 278 Å². The van der Waals surface area contributed by atoms with Gasteiger partial charge in [0.2, 0.25) is 0 Å². The second-order valence-electron chi connectivity index (χ2n) is 22.5. The van der Waals surface area contributed by atoms with Gasteiger partial charge in [-0.3, -0.25) is 0 Å². The lowest BCUT2D eigenvalue weighted by molar-refractivity contribution is 0.654. The zero-order valence-electron chi connectivity index (χ0n) is 43.9. The predicted octanol–water partition coefficient (Wildman–Crippen LogP) is 20.0. The molecule has 10 aromatic carbocycles. The van der Waals surface area contributed by atoms with Crippen LogP contribution in [0.2, 0.25) is 0 Å². The molecule has 77 heavy (non-hydrogen) atoms. The standard InChI is InChI=1S/C73H54N4/c1-7-19-62-50(8-2)52-34-30-48(40-64(52)72(62,3)4)74(44-20-11-9-12-21-44)46-32-36-66-58(38-46)54-25-17-27-56-60-43-69-61(42-68(60)76(66)70(54)56)57-28-18-26-55-59-39-47(33-37-67(59)77(69)71(55)57)75(45-22-13-10-14-23-45)49-31-35-53-51-24-15-16-29-63(51)73(5,6)65(53)41-49/h7-43H,2H2,1,3-6H3/b19-7-. The molecule has 0 N–H and O–H groups in total. The number of anilines is 6. The van der Waals surface area contributed by atoms with Gasteiger partial charge in [-0.15, -0.1) is 0 Å². The number of hydrogen-bond donors (Lipinski definition) is 0. The lowest BCUT2D eigenvalue weighted by atomic mass is 9.80. The topological polar surface area (TPSA) is 15.3 Å². The van der Waals surface area contributed by atoms with Gasteiger partial charge in [-0.05, 0) is 149 Å². The number of benzene rings is 10.